The van der Waals surface area contributed by atoms with Crippen LogP contribution in [0.15, 0.2) is 27.4 Å². The maximum absolute atomic E-state index is 4.87. The SMILES string of the molecule is CCN(C)C(C)Cc1ccc2ooc2c1. The highest BCUT2D eigenvalue weighted by atomic mass is 17.0. The molecular weight excluding hydrogens is 190 g/mol. The molecule has 1 aromatic heterocycles. The van der Waals surface area contributed by atoms with Crippen LogP contribution in [0.1, 0.15) is 19.4 Å². The van der Waals surface area contributed by atoms with Crippen molar-refractivity contribution in [3.05, 3.63) is 23.8 Å². The first-order chi connectivity index (χ1) is 7.20. The van der Waals surface area contributed by atoms with Crippen LogP contribution in [-0.4, -0.2) is 24.5 Å². The Labute approximate surface area is 89.6 Å². The van der Waals surface area contributed by atoms with Gasteiger partial charge in [-0.15, -0.1) is 0 Å². The minimum atomic E-state index is 0.550. The molecule has 0 aliphatic heterocycles. The van der Waals surface area contributed by atoms with Crippen molar-refractivity contribution < 1.29 is 9.15 Å². The van der Waals surface area contributed by atoms with Crippen LogP contribution in [0.3, 0.4) is 0 Å². The van der Waals surface area contributed by atoms with Crippen molar-refractivity contribution >= 4 is 11.2 Å². The smallest absolute Gasteiger partial charge is 0.225 e. The summed E-state index contributed by atoms with van der Waals surface area (Å²) in [5.74, 6) is 0. The molecule has 0 bridgehead atoms. The number of hydrogen-bond acceptors (Lipinski definition) is 3. The van der Waals surface area contributed by atoms with Crippen molar-refractivity contribution in [2.45, 2.75) is 26.3 Å². The predicted octanol–water partition coefficient (Wildman–Crippen LogP) is 2.91. The van der Waals surface area contributed by atoms with Gasteiger partial charge in [0, 0.05) is 6.04 Å². The summed E-state index contributed by atoms with van der Waals surface area (Å²) in [6.07, 6.45) is 1.04. The third-order valence-corrected chi connectivity index (χ3v) is 3.01. The van der Waals surface area contributed by atoms with Gasteiger partial charge >= 0.3 is 0 Å². The van der Waals surface area contributed by atoms with E-state index in [0.717, 1.165) is 24.1 Å². The molecule has 0 saturated heterocycles. The average Bonchev–Trinajstić information content (AvgIpc) is 2.21. The van der Waals surface area contributed by atoms with E-state index in [2.05, 4.69) is 37.9 Å². The molecule has 0 N–H and O–H groups in total. The highest BCUT2D eigenvalue weighted by Crippen LogP contribution is 2.20. The van der Waals surface area contributed by atoms with Crippen molar-refractivity contribution in [2.75, 3.05) is 13.6 Å². The summed E-state index contributed by atoms with van der Waals surface area (Å²) in [6.45, 7) is 5.48. The van der Waals surface area contributed by atoms with E-state index in [0.29, 0.717) is 6.04 Å². The van der Waals surface area contributed by atoms with Crippen LogP contribution in [-0.2, 0) is 6.42 Å². The molecule has 0 aliphatic carbocycles. The van der Waals surface area contributed by atoms with Crippen molar-refractivity contribution in [3.63, 3.8) is 0 Å². The molecule has 1 aromatic carbocycles. The van der Waals surface area contributed by atoms with Gasteiger partial charge in [0.1, 0.15) is 0 Å². The topological polar surface area (TPSA) is 29.5 Å². The fourth-order valence-corrected chi connectivity index (χ4v) is 1.68. The molecular formula is C12H17NO2. The van der Waals surface area contributed by atoms with E-state index < -0.39 is 0 Å². The largest absolute Gasteiger partial charge is 0.304 e. The van der Waals surface area contributed by atoms with Crippen LogP contribution >= 0.6 is 0 Å². The zero-order valence-electron chi connectivity index (χ0n) is 9.49. The van der Waals surface area contributed by atoms with E-state index >= 15 is 0 Å². The molecule has 0 fully saturated rings. The van der Waals surface area contributed by atoms with Crippen molar-refractivity contribution in [1.82, 2.24) is 4.90 Å². The lowest BCUT2D eigenvalue weighted by Gasteiger charge is -2.22. The van der Waals surface area contributed by atoms with Gasteiger partial charge < -0.3 is 4.90 Å². The Morgan fingerprint density at radius 3 is 2.53 bits per heavy atom. The Morgan fingerprint density at radius 2 is 2.00 bits per heavy atom. The van der Waals surface area contributed by atoms with E-state index in [-0.39, 0.29) is 0 Å². The minimum absolute atomic E-state index is 0.550. The summed E-state index contributed by atoms with van der Waals surface area (Å²) in [4.78, 5) is 2.33. The third-order valence-electron chi connectivity index (χ3n) is 3.01. The molecule has 0 aliphatic rings. The van der Waals surface area contributed by atoms with E-state index in [4.69, 9.17) is 9.15 Å². The lowest BCUT2D eigenvalue weighted by Crippen LogP contribution is -2.30. The maximum Gasteiger partial charge on any atom is 0.225 e. The molecule has 0 amide bonds. The van der Waals surface area contributed by atoms with Gasteiger partial charge in [-0.05, 0) is 44.6 Å². The van der Waals surface area contributed by atoms with Crippen LogP contribution < -0.4 is 0 Å². The number of benzene rings is 1. The number of rotatable bonds is 4. The van der Waals surface area contributed by atoms with Crippen molar-refractivity contribution in [2.24, 2.45) is 0 Å². The fourth-order valence-electron chi connectivity index (χ4n) is 1.68. The van der Waals surface area contributed by atoms with Crippen LogP contribution in [0.25, 0.3) is 11.2 Å². The van der Waals surface area contributed by atoms with Crippen LogP contribution in [0.2, 0.25) is 0 Å². The van der Waals surface area contributed by atoms with E-state index in [1.807, 2.05) is 6.07 Å². The van der Waals surface area contributed by atoms with Gasteiger partial charge in [-0.1, -0.05) is 13.0 Å². The molecule has 3 nitrogen and oxygen atoms in total. The van der Waals surface area contributed by atoms with Gasteiger partial charge in [-0.2, -0.15) is 0 Å². The molecule has 2 aromatic rings. The Kier molecular flexibility index (Phi) is 2.82. The molecule has 1 unspecified atom stereocenters. The monoisotopic (exact) mass is 207 g/mol. The van der Waals surface area contributed by atoms with E-state index in [1.165, 1.54) is 5.56 Å². The summed E-state index contributed by atoms with van der Waals surface area (Å²) in [5.41, 5.74) is 3.00. The lowest BCUT2D eigenvalue weighted by molar-refractivity contribution is 0.0588. The predicted molar refractivity (Wildman–Crippen MR) is 60.0 cm³/mol. The second-order valence-electron chi connectivity index (χ2n) is 4.07. The highest BCUT2D eigenvalue weighted by molar-refractivity contribution is 5.71. The Bertz CT molecular complexity index is 429. The molecule has 82 valence electrons. The lowest BCUT2D eigenvalue weighted by atomic mass is 10.1. The molecule has 0 spiro atoms. The maximum atomic E-state index is 4.87. The van der Waals surface area contributed by atoms with Crippen LogP contribution in [0.5, 0.6) is 0 Å². The van der Waals surface area contributed by atoms with Gasteiger partial charge in [0.15, 0.2) is 0 Å². The summed E-state index contributed by atoms with van der Waals surface area (Å²) >= 11 is 0. The highest BCUT2D eigenvalue weighted by Gasteiger charge is 2.10. The number of likely N-dealkylation sites (N-methyl/N-ethyl adjacent to an activating group) is 1. The van der Waals surface area contributed by atoms with Gasteiger partial charge in [0.2, 0.25) is 11.2 Å². The van der Waals surface area contributed by atoms with Gasteiger partial charge in [-0.3, -0.25) is 9.15 Å². The normalized spacial score (nSPS) is 13.9. The molecule has 1 heterocycles. The number of hydrogen-bond donors (Lipinski definition) is 0. The zero-order valence-corrected chi connectivity index (χ0v) is 9.49. The van der Waals surface area contributed by atoms with E-state index in [1.54, 1.807) is 0 Å². The zero-order chi connectivity index (χ0) is 10.8. The van der Waals surface area contributed by atoms with Crippen molar-refractivity contribution in [3.8, 4) is 0 Å². The Morgan fingerprint density at radius 1 is 1.27 bits per heavy atom. The summed E-state index contributed by atoms with van der Waals surface area (Å²) in [6, 6.07) is 6.67. The van der Waals surface area contributed by atoms with E-state index in [9.17, 15) is 0 Å². The summed E-state index contributed by atoms with van der Waals surface area (Å²) in [7, 11) is 2.14. The Hall–Kier alpha value is -1.22. The first kappa shape index (κ1) is 10.3. The third kappa shape index (κ3) is 2.07. The summed E-state index contributed by atoms with van der Waals surface area (Å²) < 4.78 is 9.67. The second kappa shape index (κ2) is 4.11. The average molecular weight is 207 g/mol. The first-order valence-electron chi connectivity index (χ1n) is 5.38. The molecule has 15 heavy (non-hydrogen) atoms. The quantitative estimate of drug-likeness (QED) is 0.722. The first-order valence-corrected chi connectivity index (χ1v) is 5.38. The van der Waals surface area contributed by atoms with Crippen molar-refractivity contribution in [1.29, 1.82) is 0 Å². The summed E-state index contributed by atoms with van der Waals surface area (Å²) in [5, 5.41) is 0. The fraction of sp³-hybridized carbons (Fsp3) is 0.500. The second-order valence-corrected chi connectivity index (χ2v) is 4.07. The molecule has 2 rings (SSSR count). The standard InChI is InChI=1S/C12H17NO2/c1-4-13(3)9(2)7-10-5-6-11-12(8-10)15-14-11/h5-6,8-9H,4,7H2,1-3H3. The van der Waals surface area contributed by atoms with Crippen LogP contribution in [0.4, 0.5) is 0 Å². The molecule has 1 atom stereocenters. The molecule has 3 heteroatoms. The van der Waals surface area contributed by atoms with Gasteiger partial charge in [0.05, 0.1) is 0 Å². The Balaban J connectivity index is 2.06. The number of fused-ring (bicyclic) bond motifs is 1. The number of nitrogens with zero attached hydrogens (tertiary/aromatic N) is 1. The molecule has 0 saturated carbocycles. The van der Waals surface area contributed by atoms with Gasteiger partial charge in [-0.25, -0.2) is 0 Å². The molecule has 0 radical (unpaired) electrons. The minimum Gasteiger partial charge on any atom is -0.304 e. The van der Waals surface area contributed by atoms with Crippen LogP contribution in [0, 0.1) is 0 Å². The van der Waals surface area contributed by atoms with Gasteiger partial charge in [0.25, 0.3) is 0 Å².